The first-order valence-corrected chi connectivity index (χ1v) is 6.13. The number of benzene rings is 2. The van der Waals surface area contributed by atoms with Gasteiger partial charge in [0.25, 0.3) is 5.91 Å². The second-order valence-corrected chi connectivity index (χ2v) is 4.37. The molecule has 2 aromatic rings. The molecule has 0 unspecified atom stereocenters. The van der Waals surface area contributed by atoms with E-state index in [1.54, 1.807) is 0 Å². The maximum Gasteiger partial charge on any atom is 0.416 e. The van der Waals surface area contributed by atoms with Crippen LogP contribution in [0.2, 0.25) is 0 Å². The van der Waals surface area contributed by atoms with Crippen molar-refractivity contribution in [3.8, 4) is 5.75 Å². The van der Waals surface area contributed by atoms with Crippen LogP contribution in [0.1, 0.15) is 15.9 Å². The lowest BCUT2D eigenvalue weighted by atomic mass is 10.1. The summed E-state index contributed by atoms with van der Waals surface area (Å²) in [4.78, 5) is 12.0. The van der Waals surface area contributed by atoms with E-state index in [0.717, 1.165) is 30.3 Å². The van der Waals surface area contributed by atoms with E-state index in [9.17, 15) is 22.4 Å². The topological polar surface area (TPSA) is 38.3 Å². The van der Waals surface area contributed by atoms with Gasteiger partial charge in [-0.25, -0.2) is 4.39 Å². The van der Waals surface area contributed by atoms with Gasteiger partial charge < -0.3 is 10.1 Å². The van der Waals surface area contributed by atoms with Gasteiger partial charge in [0.15, 0.2) is 0 Å². The molecule has 22 heavy (non-hydrogen) atoms. The van der Waals surface area contributed by atoms with Crippen LogP contribution in [0.5, 0.6) is 5.75 Å². The highest BCUT2D eigenvalue weighted by Gasteiger charge is 2.31. The fraction of sp³-hybridized carbons (Fsp3) is 0.133. The summed E-state index contributed by atoms with van der Waals surface area (Å²) in [5.74, 6) is -1.10. The molecule has 0 bridgehead atoms. The van der Waals surface area contributed by atoms with Crippen molar-refractivity contribution in [1.29, 1.82) is 0 Å². The van der Waals surface area contributed by atoms with Crippen LogP contribution in [0, 0.1) is 5.82 Å². The molecule has 0 saturated carbocycles. The number of ether oxygens (including phenoxy) is 1. The Morgan fingerprint density at radius 2 is 1.73 bits per heavy atom. The molecule has 0 saturated heterocycles. The number of nitrogens with one attached hydrogen (secondary N) is 1. The SMILES string of the molecule is COc1ccc(C(F)(F)F)cc1NC(=O)c1ccc(F)cc1. The Bertz CT molecular complexity index is 681. The number of carbonyl (C=O) groups is 1. The highest BCUT2D eigenvalue weighted by Crippen LogP contribution is 2.35. The summed E-state index contributed by atoms with van der Waals surface area (Å²) in [5.41, 5.74) is -0.921. The van der Waals surface area contributed by atoms with Crippen LogP contribution in [0.15, 0.2) is 42.5 Å². The number of hydrogen-bond donors (Lipinski definition) is 1. The van der Waals surface area contributed by atoms with Crippen molar-refractivity contribution < 1.29 is 27.1 Å². The maximum absolute atomic E-state index is 12.8. The molecule has 3 nitrogen and oxygen atoms in total. The Morgan fingerprint density at radius 1 is 1.09 bits per heavy atom. The molecule has 2 rings (SSSR count). The van der Waals surface area contributed by atoms with E-state index in [4.69, 9.17) is 4.74 Å². The van der Waals surface area contributed by atoms with Crippen molar-refractivity contribution in [1.82, 2.24) is 0 Å². The normalized spacial score (nSPS) is 11.1. The van der Waals surface area contributed by atoms with Gasteiger partial charge in [-0.1, -0.05) is 0 Å². The number of anilines is 1. The van der Waals surface area contributed by atoms with Gasteiger partial charge in [-0.3, -0.25) is 4.79 Å². The standard InChI is InChI=1S/C15H11F4NO2/c1-22-13-7-4-10(15(17,18)19)8-12(13)20-14(21)9-2-5-11(16)6-3-9/h2-8H,1H3,(H,20,21). The van der Waals surface area contributed by atoms with Crippen LogP contribution in [0.4, 0.5) is 23.2 Å². The average Bonchev–Trinajstić information content (AvgIpc) is 2.46. The number of halogens is 4. The zero-order valence-electron chi connectivity index (χ0n) is 11.4. The first-order valence-electron chi connectivity index (χ1n) is 6.13. The fourth-order valence-electron chi connectivity index (χ4n) is 1.78. The van der Waals surface area contributed by atoms with Gasteiger partial charge in [0, 0.05) is 5.56 Å². The highest BCUT2D eigenvalue weighted by atomic mass is 19.4. The van der Waals surface area contributed by atoms with Gasteiger partial charge in [-0.05, 0) is 42.5 Å². The number of hydrogen-bond acceptors (Lipinski definition) is 2. The predicted molar refractivity (Wildman–Crippen MR) is 72.3 cm³/mol. The Kier molecular flexibility index (Phi) is 4.35. The summed E-state index contributed by atoms with van der Waals surface area (Å²) in [7, 11) is 1.27. The lowest BCUT2D eigenvalue weighted by molar-refractivity contribution is -0.137. The third kappa shape index (κ3) is 3.55. The molecule has 0 atom stereocenters. The number of alkyl halides is 3. The molecule has 1 N–H and O–H groups in total. The minimum atomic E-state index is -4.54. The lowest BCUT2D eigenvalue weighted by Crippen LogP contribution is -2.14. The van der Waals surface area contributed by atoms with Crippen LogP contribution < -0.4 is 10.1 Å². The molecule has 2 aromatic carbocycles. The van der Waals surface area contributed by atoms with Gasteiger partial charge in [0.1, 0.15) is 11.6 Å². The Hall–Kier alpha value is -2.57. The van der Waals surface area contributed by atoms with Crippen molar-refractivity contribution in [2.45, 2.75) is 6.18 Å². The van der Waals surface area contributed by atoms with E-state index < -0.39 is 23.5 Å². The average molecular weight is 313 g/mol. The molecule has 7 heteroatoms. The summed E-state index contributed by atoms with van der Waals surface area (Å²) < 4.78 is 55.9. The largest absolute Gasteiger partial charge is 0.495 e. The van der Waals surface area contributed by atoms with E-state index in [0.29, 0.717) is 0 Å². The zero-order valence-corrected chi connectivity index (χ0v) is 11.4. The van der Waals surface area contributed by atoms with E-state index in [-0.39, 0.29) is 17.0 Å². The summed E-state index contributed by atoms with van der Waals surface area (Å²) in [6.07, 6.45) is -4.54. The van der Waals surface area contributed by atoms with Crippen molar-refractivity contribution in [2.24, 2.45) is 0 Å². The maximum atomic E-state index is 12.8. The second-order valence-electron chi connectivity index (χ2n) is 4.37. The van der Waals surface area contributed by atoms with Gasteiger partial charge in [0.2, 0.25) is 0 Å². The summed E-state index contributed by atoms with van der Waals surface area (Å²) >= 11 is 0. The van der Waals surface area contributed by atoms with Gasteiger partial charge >= 0.3 is 6.18 Å². The lowest BCUT2D eigenvalue weighted by Gasteiger charge is -2.13. The third-order valence-electron chi connectivity index (χ3n) is 2.88. The van der Waals surface area contributed by atoms with Gasteiger partial charge in [0.05, 0.1) is 18.4 Å². The molecule has 116 valence electrons. The zero-order chi connectivity index (χ0) is 16.3. The summed E-state index contributed by atoms with van der Waals surface area (Å²) in [6, 6.07) is 7.36. The van der Waals surface area contributed by atoms with Crippen LogP contribution >= 0.6 is 0 Å². The smallest absolute Gasteiger partial charge is 0.416 e. The van der Waals surface area contributed by atoms with Crippen LogP contribution in [0.25, 0.3) is 0 Å². The summed E-state index contributed by atoms with van der Waals surface area (Å²) in [5, 5.41) is 2.32. The van der Waals surface area contributed by atoms with Crippen LogP contribution in [0.3, 0.4) is 0 Å². The molecule has 0 fully saturated rings. The fourth-order valence-corrected chi connectivity index (χ4v) is 1.78. The highest BCUT2D eigenvalue weighted by molar-refractivity contribution is 6.05. The minimum Gasteiger partial charge on any atom is -0.495 e. The monoisotopic (exact) mass is 313 g/mol. The van der Waals surface area contributed by atoms with Crippen LogP contribution in [-0.4, -0.2) is 13.0 Å². The Morgan fingerprint density at radius 3 is 2.27 bits per heavy atom. The third-order valence-corrected chi connectivity index (χ3v) is 2.88. The van der Waals surface area contributed by atoms with Crippen molar-refractivity contribution in [3.63, 3.8) is 0 Å². The number of rotatable bonds is 3. The second kappa shape index (κ2) is 6.05. The molecule has 0 aliphatic heterocycles. The molecule has 0 radical (unpaired) electrons. The predicted octanol–water partition coefficient (Wildman–Crippen LogP) is 4.11. The molecular weight excluding hydrogens is 302 g/mol. The van der Waals surface area contributed by atoms with Gasteiger partial charge in [-0.2, -0.15) is 13.2 Å². The molecule has 0 heterocycles. The van der Waals surface area contributed by atoms with E-state index in [1.165, 1.54) is 19.2 Å². The molecule has 0 spiro atoms. The molecule has 1 amide bonds. The minimum absolute atomic E-state index is 0.0865. The number of amides is 1. The molecular formula is C15H11F4NO2. The first-order chi connectivity index (χ1) is 10.3. The van der Waals surface area contributed by atoms with E-state index in [1.807, 2.05) is 0 Å². The number of carbonyl (C=O) groups excluding carboxylic acids is 1. The Labute approximate surface area is 123 Å². The molecule has 0 aliphatic rings. The van der Waals surface area contributed by atoms with Gasteiger partial charge in [-0.15, -0.1) is 0 Å². The van der Waals surface area contributed by atoms with Crippen molar-refractivity contribution >= 4 is 11.6 Å². The van der Waals surface area contributed by atoms with E-state index in [2.05, 4.69) is 5.32 Å². The number of methoxy groups -OCH3 is 1. The molecule has 0 aliphatic carbocycles. The van der Waals surface area contributed by atoms with Crippen molar-refractivity contribution in [2.75, 3.05) is 12.4 Å². The summed E-state index contributed by atoms with van der Waals surface area (Å²) in [6.45, 7) is 0. The first kappa shape index (κ1) is 15.8. The van der Waals surface area contributed by atoms with Crippen LogP contribution in [-0.2, 0) is 6.18 Å². The van der Waals surface area contributed by atoms with E-state index >= 15 is 0 Å². The van der Waals surface area contributed by atoms with Crippen molar-refractivity contribution in [3.05, 3.63) is 59.4 Å². The Balaban J connectivity index is 2.31. The quantitative estimate of drug-likeness (QED) is 0.866. The molecule has 0 aromatic heterocycles.